The van der Waals surface area contributed by atoms with Crippen molar-refractivity contribution in [2.45, 2.75) is 45.4 Å². The molecule has 0 N–H and O–H groups in total. The fourth-order valence-electron chi connectivity index (χ4n) is 3.78. The fourth-order valence-corrected chi connectivity index (χ4v) is 3.78. The first-order valence-corrected chi connectivity index (χ1v) is 7.61. The van der Waals surface area contributed by atoms with Crippen LogP contribution < -0.4 is 4.74 Å². The quantitative estimate of drug-likeness (QED) is 0.820. The predicted octanol–water partition coefficient (Wildman–Crippen LogP) is 4.17. The summed E-state index contributed by atoms with van der Waals surface area (Å²) >= 11 is 0. The molecule has 2 aliphatic carbocycles. The highest BCUT2D eigenvalue weighted by molar-refractivity contribution is 6.04. The molecule has 106 valence electrons. The minimum absolute atomic E-state index is 0.120. The number of ketones is 1. The summed E-state index contributed by atoms with van der Waals surface area (Å²) in [6.07, 6.45) is 8.32. The molecule has 0 aromatic heterocycles. The Balaban J connectivity index is 2.02. The summed E-state index contributed by atoms with van der Waals surface area (Å²) in [5.74, 6) is 1.22. The van der Waals surface area contributed by atoms with E-state index in [2.05, 4.69) is 19.1 Å². The second kappa shape index (κ2) is 5.08. The molecule has 0 heterocycles. The van der Waals surface area contributed by atoms with E-state index >= 15 is 0 Å². The number of hydrogen-bond acceptors (Lipinski definition) is 2. The van der Waals surface area contributed by atoms with E-state index < -0.39 is 0 Å². The molecule has 1 aromatic carbocycles. The number of methoxy groups -OCH3 is 1. The Morgan fingerprint density at radius 1 is 1.35 bits per heavy atom. The molecule has 0 saturated carbocycles. The van der Waals surface area contributed by atoms with Gasteiger partial charge in [0.25, 0.3) is 0 Å². The van der Waals surface area contributed by atoms with Crippen LogP contribution in [0.3, 0.4) is 0 Å². The largest absolute Gasteiger partial charge is 0.497 e. The van der Waals surface area contributed by atoms with E-state index in [4.69, 9.17) is 4.74 Å². The van der Waals surface area contributed by atoms with Gasteiger partial charge in [-0.3, -0.25) is 4.79 Å². The van der Waals surface area contributed by atoms with Gasteiger partial charge in [0.15, 0.2) is 5.78 Å². The highest BCUT2D eigenvalue weighted by Crippen LogP contribution is 2.54. The molecular formula is C18H22O2. The van der Waals surface area contributed by atoms with Crippen LogP contribution in [0.5, 0.6) is 5.75 Å². The molecule has 0 fully saturated rings. The first-order valence-electron chi connectivity index (χ1n) is 7.61. The normalized spacial score (nSPS) is 24.1. The van der Waals surface area contributed by atoms with E-state index in [1.165, 1.54) is 29.5 Å². The minimum atomic E-state index is 0.120. The van der Waals surface area contributed by atoms with Gasteiger partial charge in [0.2, 0.25) is 0 Å². The number of benzene rings is 1. The van der Waals surface area contributed by atoms with Crippen LogP contribution in [0, 0.1) is 5.41 Å². The average molecular weight is 270 g/mol. The van der Waals surface area contributed by atoms with E-state index in [1.54, 1.807) is 7.11 Å². The summed E-state index contributed by atoms with van der Waals surface area (Å²) in [6, 6.07) is 6.28. The van der Waals surface area contributed by atoms with Crippen LogP contribution in [-0.4, -0.2) is 12.9 Å². The van der Waals surface area contributed by atoms with Gasteiger partial charge in [0.1, 0.15) is 5.75 Å². The predicted molar refractivity (Wildman–Crippen MR) is 80.9 cm³/mol. The lowest BCUT2D eigenvalue weighted by Gasteiger charge is -2.37. The maximum absolute atomic E-state index is 12.0. The number of fused-ring (bicyclic) bond motifs is 3. The highest BCUT2D eigenvalue weighted by atomic mass is 16.5. The number of carbonyl (C=O) groups excluding carboxylic acids is 1. The zero-order chi connectivity index (χ0) is 14.2. The van der Waals surface area contributed by atoms with Gasteiger partial charge in [-0.15, -0.1) is 0 Å². The maximum atomic E-state index is 12.0. The zero-order valence-electron chi connectivity index (χ0n) is 12.4. The molecule has 3 rings (SSSR count). The number of hydrogen-bond donors (Lipinski definition) is 0. The van der Waals surface area contributed by atoms with Gasteiger partial charge in [-0.1, -0.05) is 25.8 Å². The van der Waals surface area contributed by atoms with Gasteiger partial charge in [0.05, 0.1) is 7.11 Å². The van der Waals surface area contributed by atoms with E-state index in [-0.39, 0.29) is 5.41 Å². The van der Waals surface area contributed by atoms with Crippen LogP contribution in [0.25, 0.3) is 5.57 Å². The third-order valence-electron chi connectivity index (χ3n) is 4.87. The molecule has 1 aromatic rings. The Bertz CT molecular complexity index is 571. The van der Waals surface area contributed by atoms with Crippen LogP contribution in [0.1, 0.15) is 50.2 Å². The third kappa shape index (κ3) is 2.07. The second-order valence-electron chi connectivity index (χ2n) is 6.11. The summed E-state index contributed by atoms with van der Waals surface area (Å²) in [4.78, 5) is 12.0. The van der Waals surface area contributed by atoms with Crippen molar-refractivity contribution in [2.24, 2.45) is 5.41 Å². The van der Waals surface area contributed by atoms with Crippen LogP contribution in [-0.2, 0) is 11.2 Å². The van der Waals surface area contributed by atoms with Gasteiger partial charge in [0, 0.05) is 11.8 Å². The van der Waals surface area contributed by atoms with Gasteiger partial charge in [-0.25, -0.2) is 0 Å². The molecule has 0 aliphatic heterocycles. The lowest BCUT2D eigenvalue weighted by atomic mass is 9.66. The fraction of sp³-hybridized carbons (Fsp3) is 0.500. The molecule has 0 spiro atoms. The zero-order valence-corrected chi connectivity index (χ0v) is 12.4. The molecular weight excluding hydrogens is 248 g/mol. The molecule has 2 nitrogen and oxygen atoms in total. The monoisotopic (exact) mass is 270 g/mol. The van der Waals surface area contributed by atoms with Crippen molar-refractivity contribution in [3.05, 3.63) is 35.4 Å². The van der Waals surface area contributed by atoms with Crippen molar-refractivity contribution in [2.75, 3.05) is 7.11 Å². The van der Waals surface area contributed by atoms with E-state index in [0.717, 1.165) is 25.0 Å². The molecule has 2 heteroatoms. The van der Waals surface area contributed by atoms with Crippen molar-refractivity contribution < 1.29 is 9.53 Å². The standard InChI is InChI=1S/C18H22O2/c1-3-4-8-18-9-7-13-10-15(20-2)5-6-16(13)17(18)11-14(19)12-18/h5-6,10-11H,3-4,7-9,12H2,1-2H3. The van der Waals surface area contributed by atoms with Crippen molar-refractivity contribution in [1.29, 1.82) is 0 Å². The third-order valence-corrected chi connectivity index (χ3v) is 4.87. The van der Waals surface area contributed by atoms with Crippen molar-refractivity contribution in [3.8, 4) is 5.75 Å². The molecule has 1 unspecified atom stereocenters. The molecule has 0 amide bonds. The summed E-state index contributed by atoms with van der Waals surface area (Å²) in [6.45, 7) is 2.22. The van der Waals surface area contributed by atoms with Crippen molar-refractivity contribution in [1.82, 2.24) is 0 Å². The van der Waals surface area contributed by atoms with Gasteiger partial charge < -0.3 is 4.74 Å². The molecule has 0 bridgehead atoms. The van der Waals surface area contributed by atoms with Crippen molar-refractivity contribution in [3.63, 3.8) is 0 Å². The van der Waals surface area contributed by atoms with Crippen LogP contribution >= 0.6 is 0 Å². The summed E-state index contributed by atoms with van der Waals surface area (Å²) in [5, 5.41) is 0. The van der Waals surface area contributed by atoms with E-state index in [1.807, 2.05) is 12.1 Å². The van der Waals surface area contributed by atoms with Crippen LogP contribution in [0.15, 0.2) is 24.3 Å². The highest BCUT2D eigenvalue weighted by Gasteiger charge is 2.43. The molecule has 2 aliphatic rings. The lowest BCUT2D eigenvalue weighted by molar-refractivity contribution is -0.115. The number of ether oxygens (including phenoxy) is 1. The summed E-state index contributed by atoms with van der Waals surface area (Å²) < 4.78 is 5.32. The number of aryl methyl sites for hydroxylation is 1. The molecule has 1 atom stereocenters. The topological polar surface area (TPSA) is 26.3 Å². The number of allylic oxidation sites excluding steroid dienone is 2. The summed E-state index contributed by atoms with van der Waals surface area (Å²) in [7, 11) is 1.70. The van der Waals surface area contributed by atoms with Gasteiger partial charge in [-0.2, -0.15) is 0 Å². The Morgan fingerprint density at radius 2 is 2.20 bits per heavy atom. The molecule has 0 radical (unpaired) electrons. The number of unbranched alkanes of at least 4 members (excludes halogenated alkanes) is 1. The van der Waals surface area contributed by atoms with Crippen molar-refractivity contribution >= 4 is 11.4 Å². The first-order chi connectivity index (χ1) is 9.68. The SMILES string of the molecule is CCCCC12CCc3cc(OC)ccc3C1=CC(=O)C2. The Labute approximate surface area is 120 Å². The average Bonchev–Trinajstić information content (AvgIpc) is 2.81. The van der Waals surface area contributed by atoms with Gasteiger partial charge in [-0.05, 0) is 54.2 Å². The summed E-state index contributed by atoms with van der Waals surface area (Å²) in [5.41, 5.74) is 4.02. The first kappa shape index (κ1) is 13.4. The lowest BCUT2D eigenvalue weighted by Crippen LogP contribution is -2.26. The van der Waals surface area contributed by atoms with E-state index in [9.17, 15) is 4.79 Å². The Kier molecular flexibility index (Phi) is 3.41. The molecule has 0 saturated heterocycles. The number of rotatable bonds is 4. The maximum Gasteiger partial charge on any atom is 0.156 e. The smallest absolute Gasteiger partial charge is 0.156 e. The van der Waals surface area contributed by atoms with E-state index in [0.29, 0.717) is 12.2 Å². The van der Waals surface area contributed by atoms with Gasteiger partial charge >= 0.3 is 0 Å². The Hall–Kier alpha value is -1.57. The minimum Gasteiger partial charge on any atom is -0.497 e. The number of carbonyl (C=O) groups is 1. The second-order valence-corrected chi connectivity index (χ2v) is 6.11. The van der Waals surface area contributed by atoms with Crippen LogP contribution in [0.2, 0.25) is 0 Å². The Morgan fingerprint density at radius 3 is 2.95 bits per heavy atom. The van der Waals surface area contributed by atoms with Crippen LogP contribution in [0.4, 0.5) is 0 Å². The molecule has 20 heavy (non-hydrogen) atoms.